The second-order valence-corrected chi connectivity index (χ2v) is 4.43. The summed E-state index contributed by atoms with van der Waals surface area (Å²) in [7, 11) is 0. The van der Waals surface area contributed by atoms with Crippen LogP contribution in [0.25, 0.3) is 11.3 Å². The number of imidazole rings is 1. The van der Waals surface area contributed by atoms with Gasteiger partial charge in [0.1, 0.15) is 11.6 Å². The zero-order chi connectivity index (χ0) is 13.9. The smallest absolute Gasteiger partial charge is 0.132 e. The number of benzene rings is 1. The Hall–Kier alpha value is -2.69. The van der Waals surface area contributed by atoms with Crippen LogP contribution in [0.4, 0.5) is 10.2 Å². The zero-order valence-corrected chi connectivity index (χ0v) is 10.7. The summed E-state index contributed by atoms with van der Waals surface area (Å²) in [6.45, 7) is 0.399. The van der Waals surface area contributed by atoms with Crippen molar-refractivity contribution < 1.29 is 4.39 Å². The summed E-state index contributed by atoms with van der Waals surface area (Å²) in [5, 5.41) is 0. The zero-order valence-electron chi connectivity index (χ0n) is 10.7. The van der Waals surface area contributed by atoms with E-state index in [9.17, 15) is 4.39 Å². The standard InChI is InChI=1S/C15H13FN4/c16-13-6-2-1-4-11(13)9-20-10-18-8-14(20)12-5-3-7-19-15(12)17/h1-8,10H,9H2,(H2,17,19). The highest BCUT2D eigenvalue weighted by molar-refractivity contribution is 5.70. The number of aromatic nitrogens is 3. The molecular weight excluding hydrogens is 255 g/mol. The molecule has 3 aromatic rings. The van der Waals surface area contributed by atoms with Crippen LogP contribution in [0.2, 0.25) is 0 Å². The molecule has 0 bridgehead atoms. The number of anilines is 1. The molecule has 0 saturated carbocycles. The Bertz CT molecular complexity index is 736. The fraction of sp³-hybridized carbons (Fsp3) is 0.0667. The van der Waals surface area contributed by atoms with Gasteiger partial charge in [0.2, 0.25) is 0 Å². The summed E-state index contributed by atoms with van der Waals surface area (Å²) < 4.78 is 15.6. The molecule has 3 rings (SSSR count). The number of rotatable bonds is 3. The Balaban J connectivity index is 2.00. The quantitative estimate of drug-likeness (QED) is 0.794. The number of pyridine rings is 1. The molecular formula is C15H13FN4. The highest BCUT2D eigenvalue weighted by Gasteiger charge is 2.10. The Morgan fingerprint density at radius 2 is 2.00 bits per heavy atom. The van der Waals surface area contributed by atoms with Crippen LogP contribution in [-0.2, 0) is 6.54 Å². The molecule has 0 aliphatic rings. The topological polar surface area (TPSA) is 56.7 Å². The Kier molecular flexibility index (Phi) is 3.16. The number of nitrogen functional groups attached to an aromatic ring is 1. The van der Waals surface area contributed by atoms with Gasteiger partial charge in [-0.2, -0.15) is 0 Å². The largest absolute Gasteiger partial charge is 0.383 e. The van der Waals surface area contributed by atoms with Crippen LogP contribution >= 0.6 is 0 Å². The minimum atomic E-state index is -0.230. The van der Waals surface area contributed by atoms with Crippen molar-refractivity contribution in [2.45, 2.75) is 6.54 Å². The third-order valence-electron chi connectivity index (χ3n) is 3.13. The van der Waals surface area contributed by atoms with E-state index in [2.05, 4.69) is 9.97 Å². The fourth-order valence-electron chi connectivity index (χ4n) is 2.12. The predicted molar refractivity (Wildman–Crippen MR) is 75.4 cm³/mol. The fourth-order valence-corrected chi connectivity index (χ4v) is 2.12. The number of nitrogens with zero attached hydrogens (tertiary/aromatic N) is 3. The summed E-state index contributed by atoms with van der Waals surface area (Å²) in [5.74, 6) is 0.203. The van der Waals surface area contributed by atoms with E-state index in [1.807, 2.05) is 22.8 Å². The third kappa shape index (κ3) is 2.25. The first-order valence-corrected chi connectivity index (χ1v) is 6.20. The molecule has 4 nitrogen and oxygen atoms in total. The van der Waals surface area contributed by atoms with Gasteiger partial charge in [-0.25, -0.2) is 14.4 Å². The van der Waals surface area contributed by atoms with E-state index in [1.165, 1.54) is 6.07 Å². The summed E-state index contributed by atoms with van der Waals surface area (Å²) in [6, 6.07) is 10.4. The van der Waals surface area contributed by atoms with Gasteiger partial charge in [-0.3, -0.25) is 0 Å². The van der Waals surface area contributed by atoms with Gasteiger partial charge >= 0.3 is 0 Å². The molecule has 1 aromatic carbocycles. The van der Waals surface area contributed by atoms with Crippen LogP contribution in [-0.4, -0.2) is 14.5 Å². The van der Waals surface area contributed by atoms with Crippen LogP contribution in [0.15, 0.2) is 55.1 Å². The second kappa shape index (κ2) is 5.13. The van der Waals surface area contributed by atoms with Crippen LogP contribution in [0, 0.1) is 5.82 Å². The van der Waals surface area contributed by atoms with E-state index in [-0.39, 0.29) is 5.82 Å². The van der Waals surface area contributed by atoms with Crippen molar-refractivity contribution in [3.05, 3.63) is 66.5 Å². The number of hydrogen-bond acceptors (Lipinski definition) is 3. The van der Waals surface area contributed by atoms with Crippen molar-refractivity contribution in [1.82, 2.24) is 14.5 Å². The molecule has 0 radical (unpaired) electrons. The summed E-state index contributed by atoms with van der Waals surface area (Å²) >= 11 is 0. The number of halogens is 1. The average molecular weight is 268 g/mol. The van der Waals surface area contributed by atoms with Gasteiger partial charge in [0.05, 0.1) is 24.8 Å². The van der Waals surface area contributed by atoms with E-state index >= 15 is 0 Å². The Labute approximate surface area is 115 Å². The minimum Gasteiger partial charge on any atom is -0.383 e. The molecule has 0 aliphatic heterocycles. The summed E-state index contributed by atoms with van der Waals surface area (Å²) in [4.78, 5) is 8.19. The maximum absolute atomic E-state index is 13.7. The molecule has 0 amide bonds. The molecule has 0 unspecified atom stereocenters. The minimum absolute atomic E-state index is 0.230. The van der Waals surface area contributed by atoms with E-state index in [4.69, 9.17) is 5.73 Å². The SMILES string of the molecule is Nc1ncccc1-c1cncn1Cc1ccccc1F. The molecule has 20 heavy (non-hydrogen) atoms. The van der Waals surface area contributed by atoms with E-state index < -0.39 is 0 Å². The second-order valence-electron chi connectivity index (χ2n) is 4.43. The molecule has 0 aliphatic carbocycles. The molecule has 5 heteroatoms. The lowest BCUT2D eigenvalue weighted by atomic mass is 10.1. The lowest BCUT2D eigenvalue weighted by molar-refractivity contribution is 0.600. The first kappa shape index (κ1) is 12.3. The molecule has 2 heterocycles. The Morgan fingerprint density at radius 1 is 1.15 bits per heavy atom. The van der Waals surface area contributed by atoms with Crippen molar-refractivity contribution >= 4 is 5.82 Å². The maximum atomic E-state index is 13.7. The van der Waals surface area contributed by atoms with Crippen molar-refractivity contribution in [3.63, 3.8) is 0 Å². The monoisotopic (exact) mass is 268 g/mol. The molecule has 100 valence electrons. The first-order chi connectivity index (χ1) is 9.75. The van der Waals surface area contributed by atoms with Crippen molar-refractivity contribution in [1.29, 1.82) is 0 Å². The molecule has 0 atom stereocenters. The van der Waals surface area contributed by atoms with Crippen molar-refractivity contribution in [3.8, 4) is 11.3 Å². The lowest BCUT2D eigenvalue weighted by Crippen LogP contribution is -2.04. The van der Waals surface area contributed by atoms with E-state index in [1.54, 1.807) is 30.9 Å². The van der Waals surface area contributed by atoms with Crippen molar-refractivity contribution in [2.75, 3.05) is 5.73 Å². The molecule has 2 N–H and O–H groups in total. The van der Waals surface area contributed by atoms with Gasteiger partial charge in [0.25, 0.3) is 0 Å². The first-order valence-electron chi connectivity index (χ1n) is 6.20. The van der Waals surface area contributed by atoms with Crippen LogP contribution in [0.1, 0.15) is 5.56 Å². The highest BCUT2D eigenvalue weighted by Crippen LogP contribution is 2.24. The van der Waals surface area contributed by atoms with Gasteiger partial charge in [-0.05, 0) is 18.2 Å². The average Bonchev–Trinajstić information content (AvgIpc) is 2.90. The van der Waals surface area contributed by atoms with Crippen LogP contribution in [0.5, 0.6) is 0 Å². The number of hydrogen-bond donors (Lipinski definition) is 1. The summed E-state index contributed by atoms with van der Waals surface area (Å²) in [5.41, 5.74) is 8.09. The van der Waals surface area contributed by atoms with Gasteiger partial charge in [0.15, 0.2) is 0 Å². The van der Waals surface area contributed by atoms with Crippen LogP contribution in [0.3, 0.4) is 0 Å². The Morgan fingerprint density at radius 3 is 2.80 bits per heavy atom. The highest BCUT2D eigenvalue weighted by atomic mass is 19.1. The normalized spacial score (nSPS) is 10.7. The molecule has 0 fully saturated rings. The predicted octanol–water partition coefficient (Wildman–Crippen LogP) is 2.71. The molecule has 2 aromatic heterocycles. The molecule has 0 spiro atoms. The lowest BCUT2D eigenvalue weighted by Gasteiger charge is -2.10. The number of nitrogens with two attached hydrogens (primary N) is 1. The van der Waals surface area contributed by atoms with Gasteiger partial charge in [-0.15, -0.1) is 0 Å². The molecule has 0 saturated heterocycles. The summed E-state index contributed by atoms with van der Waals surface area (Å²) in [6.07, 6.45) is 5.00. The maximum Gasteiger partial charge on any atom is 0.132 e. The van der Waals surface area contributed by atoms with Crippen LogP contribution < -0.4 is 5.73 Å². The third-order valence-corrected chi connectivity index (χ3v) is 3.13. The van der Waals surface area contributed by atoms with E-state index in [0.717, 1.165) is 11.3 Å². The van der Waals surface area contributed by atoms with Gasteiger partial charge < -0.3 is 10.3 Å². The van der Waals surface area contributed by atoms with Gasteiger partial charge in [-0.1, -0.05) is 18.2 Å². The van der Waals surface area contributed by atoms with E-state index in [0.29, 0.717) is 17.9 Å². The van der Waals surface area contributed by atoms with Crippen molar-refractivity contribution in [2.24, 2.45) is 0 Å². The van der Waals surface area contributed by atoms with Gasteiger partial charge in [0, 0.05) is 17.3 Å².